The van der Waals surface area contributed by atoms with Crippen LogP contribution in [0.2, 0.25) is 0 Å². The number of rotatable bonds is 3. The van der Waals surface area contributed by atoms with E-state index in [1.54, 1.807) is 23.1 Å². The molecule has 1 saturated carbocycles. The molecule has 2 unspecified atom stereocenters. The van der Waals surface area contributed by atoms with Crippen LogP contribution in [-0.4, -0.2) is 16.3 Å². The van der Waals surface area contributed by atoms with E-state index in [4.69, 9.17) is 5.11 Å². The quantitative estimate of drug-likeness (QED) is 0.813. The molecule has 4 heteroatoms. The van der Waals surface area contributed by atoms with Crippen molar-refractivity contribution in [1.82, 2.24) is 0 Å². The summed E-state index contributed by atoms with van der Waals surface area (Å²) in [5.74, 6) is -0.749. The van der Waals surface area contributed by atoms with Crippen molar-refractivity contribution < 1.29 is 9.90 Å². The monoisotopic (exact) mass is 200 g/mol. The number of carbonyl (C=O) groups is 1. The summed E-state index contributed by atoms with van der Waals surface area (Å²) in [5.41, 5.74) is 0. The van der Waals surface area contributed by atoms with Crippen LogP contribution in [0.3, 0.4) is 0 Å². The minimum Gasteiger partial charge on any atom is -0.481 e. The second kappa shape index (κ2) is 3.11. The minimum absolute atomic E-state index is 0.0999. The third kappa shape index (κ3) is 1.64. The molecule has 0 spiro atoms. The van der Waals surface area contributed by atoms with Crippen LogP contribution in [0.4, 0.5) is 0 Å². The summed E-state index contributed by atoms with van der Waals surface area (Å²) in [6.45, 7) is 0. The van der Waals surface area contributed by atoms with Gasteiger partial charge >= 0.3 is 5.97 Å². The Morgan fingerprint density at radius 1 is 1.75 bits per heavy atom. The summed E-state index contributed by atoms with van der Waals surface area (Å²) in [5, 5.41) is 11.0. The van der Waals surface area contributed by atoms with Crippen molar-refractivity contribution >= 4 is 29.1 Å². The second-order valence-electron chi connectivity index (χ2n) is 2.77. The third-order valence-electron chi connectivity index (χ3n) is 1.81. The van der Waals surface area contributed by atoms with E-state index >= 15 is 0 Å². The van der Waals surface area contributed by atoms with Crippen LogP contribution in [0.1, 0.15) is 6.42 Å². The van der Waals surface area contributed by atoms with Gasteiger partial charge in [0.1, 0.15) is 0 Å². The zero-order chi connectivity index (χ0) is 8.55. The van der Waals surface area contributed by atoms with E-state index in [-0.39, 0.29) is 5.92 Å². The van der Waals surface area contributed by atoms with Crippen molar-refractivity contribution in [3.8, 4) is 0 Å². The fraction of sp³-hybridized carbons (Fsp3) is 0.375. The van der Waals surface area contributed by atoms with Crippen LogP contribution in [0.15, 0.2) is 21.7 Å². The van der Waals surface area contributed by atoms with Crippen LogP contribution in [0.5, 0.6) is 0 Å². The van der Waals surface area contributed by atoms with Gasteiger partial charge in [-0.1, -0.05) is 6.07 Å². The molecule has 0 saturated heterocycles. The summed E-state index contributed by atoms with van der Waals surface area (Å²) >= 11 is 3.37. The molecule has 64 valence electrons. The Labute approximate surface area is 78.6 Å². The van der Waals surface area contributed by atoms with Gasteiger partial charge in [0.15, 0.2) is 0 Å². The lowest BCUT2D eigenvalue weighted by Gasteiger charge is -1.92. The molecule has 1 aliphatic carbocycles. The molecule has 0 amide bonds. The van der Waals surface area contributed by atoms with E-state index in [2.05, 4.69) is 0 Å². The third-order valence-corrected chi connectivity index (χ3v) is 4.24. The maximum Gasteiger partial charge on any atom is 0.307 e. The van der Waals surface area contributed by atoms with Gasteiger partial charge in [0.25, 0.3) is 0 Å². The highest BCUT2D eigenvalue weighted by atomic mass is 32.2. The zero-order valence-corrected chi connectivity index (χ0v) is 7.90. The van der Waals surface area contributed by atoms with Gasteiger partial charge in [-0.2, -0.15) is 0 Å². The van der Waals surface area contributed by atoms with Gasteiger partial charge in [0.05, 0.1) is 10.1 Å². The Bertz CT molecular complexity index is 281. The van der Waals surface area contributed by atoms with Crippen molar-refractivity contribution in [1.29, 1.82) is 0 Å². The number of thioether (sulfide) groups is 1. The van der Waals surface area contributed by atoms with Crippen molar-refractivity contribution in [2.45, 2.75) is 15.9 Å². The SMILES string of the molecule is O=C(O)C1CC1Sc1cccs1. The van der Waals surface area contributed by atoms with Crippen LogP contribution >= 0.6 is 23.1 Å². The van der Waals surface area contributed by atoms with Crippen molar-refractivity contribution in [2.24, 2.45) is 5.92 Å². The Kier molecular flexibility index (Phi) is 2.11. The number of hydrogen-bond donors (Lipinski definition) is 1. The largest absolute Gasteiger partial charge is 0.481 e. The molecule has 2 rings (SSSR count). The fourth-order valence-corrected chi connectivity index (χ4v) is 3.29. The lowest BCUT2D eigenvalue weighted by Crippen LogP contribution is -1.99. The van der Waals surface area contributed by atoms with Gasteiger partial charge in [0.2, 0.25) is 0 Å². The molecule has 0 bridgehead atoms. The smallest absolute Gasteiger partial charge is 0.307 e. The maximum atomic E-state index is 10.5. The maximum absolute atomic E-state index is 10.5. The zero-order valence-electron chi connectivity index (χ0n) is 6.27. The summed E-state index contributed by atoms with van der Waals surface area (Å²) in [7, 11) is 0. The molecule has 0 aliphatic heterocycles. The van der Waals surface area contributed by atoms with Gasteiger partial charge in [-0.15, -0.1) is 23.1 Å². The summed E-state index contributed by atoms with van der Waals surface area (Å²) in [6, 6.07) is 4.03. The number of carboxylic acid groups (broad SMARTS) is 1. The van der Waals surface area contributed by atoms with E-state index in [9.17, 15) is 4.79 Å². The average molecular weight is 200 g/mol. The normalized spacial score (nSPS) is 27.0. The molecular formula is C8H8O2S2. The fourth-order valence-electron chi connectivity index (χ4n) is 1.04. The van der Waals surface area contributed by atoms with Crippen LogP contribution in [-0.2, 0) is 4.79 Å². The first-order valence-electron chi connectivity index (χ1n) is 3.70. The van der Waals surface area contributed by atoms with Gasteiger partial charge in [0, 0.05) is 5.25 Å². The van der Waals surface area contributed by atoms with Crippen molar-refractivity contribution in [3.63, 3.8) is 0 Å². The molecule has 0 aromatic carbocycles. The molecule has 1 aromatic rings. The van der Waals surface area contributed by atoms with Crippen LogP contribution in [0, 0.1) is 5.92 Å². The molecule has 2 atom stereocenters. The molecule has 1 N–H and O–H groups in total. The number of aliphatic carboxylic acids is 1. The number of thiophene rings is 1. The summed E-state index contributed by atoms with van der Waals surface area (Å²) in [4.78, 5) is 10.5. The topological polar surface area (TPSA) is 37.3 Å². The van der Waals surface area contributed by atoms with Crippen LogP contribution < -0.4 is 0 Å². The first-order valence-corrected chi connectivity index (χ1v) is 5.46. The van der Waals surface area contributed by atoms with Crippen LogP contribution in [0.25, 0.3) is 0 Å². The van der Waals surface area contributed by atoms with Crippen molar-refractivity contribution in [3.05, 3.63) is 17.5 Å². The minimum atomic E-state index is -0.649. The number of carboxylic acids is 1. The van der Waals surface area contributed by atoms with Crippen molar-refractivity contribution in [2.75, 3.05) is 0 Å². The number of hydrogen-bond acceptors (Lipinski definition) is 3. The molecule has 1 aliphatic rings. The average Bonchev–Trinajstić information content (AvgIpc) is 2.57. The van der Waals surface area contributed by atoms with Gasteiger partial charge in [-0.25, -0.2) is 0 Å². The molecule has 2 nitrogen and oxygen atoms in total. The molecule has 12 heavy (non-hydrogen) atoms. The first-order chi connectivity index (χ1) is 5.77. The molecular weight excluding hydrogens is 192 g/mol. The standard InChI is InChI=1S/C8H8O2S2/c9-8(10)5-4-6(5)12-7-2-1-3-11-7/h1-3,5-6H,4H2,(H,9,10). The van der Waals surface area contributed by atoms with E-state index < -0.39 is 5.97 Å². The Balaban J connectivity index is 1.88. The molecule has 1 heterocycles. The second-order valence-corrected chi connectivity index (χ2v) is 5.26. The predicted molar refractivity (Wildman–Crippen MR) is 49.7 cm³/mol. The lowest BCUT2D eigenvalue weighted by atomic mass is 10.4. The predicted octanol–water partition coefficient (Wildman–Crippen LogP) is 2.31. The summed E-state index contributed by atoms with van der Waals surface area (Å²) in [6.07, 6.45) is 0.831. The molecule has 0 radical (unpaired) electrons. The van der Waals surface area contributed by atoms with E-state index in [1.807, 2.05) is 17.5 Å². The van der Waals surface area contributed by atoms with E-state index in [1.165, 1.54) is 4.21 Å². The first kappa shape index (κ1) is 8.13. The van der Waals surface area contributed by atoms with Gasteiger partial charge in [-0.3, -0.25) is 4.79 Å². The van der Waals surface area contributed by atoms with E-state index in [0.29, 0.717) is 5.25 Å². The highest BCUT2D eigenvalue weighted by molar-refractivity contribution is 8.02. The van der Waals surface area contributed by atoms with E-state index in [0.717, 1.165) is 6.42 Å². The summed E-state index contributed by atoms with van der Waals surface area (Å²) < 4.78 is 1.23. The lowest BCUT2D eigenvalue weighted by molar-refractivity contribution is -0.138. The molecule has 1 fully saturated rings. The Morgan fingerprint density at radius 2 is 2.58 bits per heavy atom. The highest BCUT2D eigenvalue weighted by Crippen LogP contribution is 2.46. The Morgan fingerprint density at radius 3 is 3.08 bits per heavy atom. The highest BCUT2D eigenvalue weighted by Gasteiger charge is 2.43. The van der Waals surface area contributed by atoms with Gasteiger partial charge < -0.3 is 5.11 Å². The molecule has 1 aromatic heterocycles. The Hall–Kier alpha value is -0.480. The van der Waals surface area contributed by atoms with Gasteiger partial charge in [-0.05, 0) is 17.9 Å².